The van der Waals surface area contributed by atoms with Crippen LogP contribution in [0, 0.1) is 0 Å². The first kappa shape index (κ1) is 21.9. The van der Waals surface area contributed by atoms with Crippen molar-refractivity contribution < 1.29 is 9.53 Å². The van der Waals surface area contributed by atoms with Gasteiger partial charge in [0.1, 0.15) is 5.60 Å². The third kappa shape index (κ3) is 4.05. The summed E-state index contributed by atoms with van der Waals surface area (Å²) in [5.41, 5.74) is 1.21. The summed E-state index contributed by atoms with van der Waals surface area (Å²) in [6, 6.07) is 2.15. The second-order valence-corrected chi connectivity index (χ2v) is 8.09. The van der Waals surface area contributed by atoms with Crippen molar-refractivity contribution in [2.24, 2.45) is 0 Å². The van der Waals surface area contributed by atoms with Gasteiger partial charge in [0, 0.05) is 31.1 Å². The van der Waals surface area contributed by atoms with Crippen LogP contribution in [0.1, 0.15) is 39.9 Å². The summed E-state index contributed by atoms with van der Waals surface area (Å²) in [4.78, 5) is 19.6. The van der Waals surface area contributed by atoms with E-state index in [4.69, 9.17) is 4.74 Å². The van der Waals surface area contributed by atoms with Gasteiger partial charge < -0.3 is 19.9 Å². The fourth-order valence-electron chi connectivity index (χ4n) is 4.15. The normalized spacial score (nSPS) is 22.3. The van der Waals surface area contributed by atoms with Crippen LogP contribution in [0.3, 0.4) is 0 Å². The summed E-state index contributed by atoms with van der Waals surface area (Å²) in [6.45, 7) is 9.72. The summed E-state index contributed by atoms with van der Waals surface area (Å²) in [6.07, 6.45) is 2.98. The number of nitrogens with one attached hydrogen (secondary N) is 1. The molecular weight excluding hydrogens is 393 g/mol. The Morgan fingerprint density at radius 1 is 1.23 bits per heavy atom. The number of likely N-dealkylation sites (N-methyl/N-ethyl adjacent to an activating group) is 1. The molecule has 0 aromatic carbocycles. The van der Waals surface area contributed by atoms with Crippen LogP contribution in [0.2, 0.25) is 0 Å². The first-order chi connectivity index (χ1) is 11.7. The molecule has 26 heavy (non-hydrogen) atoms. The average molecular weight is 422 g/mol. The third-order valence-corrected chi connectivity index (χ3v) is 7.05. The van der Waals surface area contributed by atoms with Gasteiger partial charge in [-0.05, 0) is 50.5 Å². The van der Waals surface area contributed by atoms with Crippen LogP contribution in [-0.4, -0.2) is 68.1 Å². The quantitative estimate of drug-likeness (QED) is 0.796. The van der Waals surface area contributed by atoms with E-state index in [0.717, 1.165) is 76.6 Å². The zero-order valence-corrected chi connectivity index (χ0v) is 17.7. The number of fused-ring (bicyclic) bond motifs is 2. The number of hydrogen-bond donors (Lipinski definition) is 1. The number of nitrogens with zero attached hydrogens (tertiary/aromatic N) is 2. The largest absolute Gasteiger partial charge is 0.369 e. The number of amides is 1. The van der Waals surface area contributed by atoms with Gasteiger partial charge in [-0.25, -0.2) is 0 Å². The van der Waals surface area contributed by atoms with E-state index in [1.54, 1.807) is 11.3 Å². The van der Waals surface area contributed by atoms with E-state index < -0.39 is 0 Å². The standard InChI is InChI=1S/C18H27N3O2S.2ClH/c1-2-20-8-10-21(11-9-20)17(22)15-13-14-3-12-23-18(16(14)24-15)4-6-19-7-5-18;;/h13,19H,2-12H2,1H3;2*1H. The summed E-state index contributed by atoms with van der Waals surface area (Å²) < 4.78 is 6.24. The van der Waals surface area contributed by atoms with E-state index in [9.17, 15) is 4.79 Å². The summed E-state index contributed by atoms with van der Waals surface area (Å²) in [7, 11) is 0. The highest BCUT2D eigenvalue weighted by Gasteiger charge is 2.41. The van der Waals surface area contributed by atoms with Crippen LogP contribution in [0.15, 0.2) is 6.07 Å². The Morgan fingerprint density at radius 3 is 2.58 bits per heavy atom. The van der Waals surface area contributed by atoms with E-state index in [-0.39, 0.29) is 36.3 Å². The fourth-order valence-corrected chi connectivity index (χ4v) is 5.53. The minimum atomic E-state index is -0.136. The molecule has 3 aliphatic rings. The van der Waals surface area contributed by atoms with Gasteiger partial charge in [0.15, 0.2) is 0 Å². The minimum absolute atomic E-state index is 0. The Kier molecular flexibility index (Phi) is 7.77. The molecule has 0 bridgehead atoms. The molecule has 1 aromatic rings. The number of carbonyl (C=O) groups excluding carboxylic acids is 1. The molecule has 1 amide bonds. The Hall–Kier alpha value is -0.370. The minimum Gasteiger partial charge on any atom is -0.369 e. The molecule has 5 nitrogen and oxygen atoms in total. The van der Waals surface area contributed by atoms with E-state index in [1.165, 1.54) is 10.4 Å². The van der Waals surface area contributed by atoms with Crippen LogP contribution in [0.4, 0.5) is 0 Å². The van der Waals surface area contributed by atoms with Crippen molar-refractivity contribution in [2.75, 3.05) is 52.4 Å². The summed E-state index contributed by atoms with van der Waals surface area (Å²) in [5, 5.41) is 3.42. The second kappa shape index (κ2) is 9.22. The molecule has 4 rings (SSSR count). The predicted molar refractivity (Wildman–Crippen MR) is 110 cm³/mol. The van der Waals surface area contributed by atoms with Gasteiger partial charge in [-0.3, -0.25) is 4.79 Å². The third-order valence-electron chi connectivity index (χ3n) is 5.70. The SMILES string of the molecule is CCN1CCN(C(=O)c2cc3c(s2)C2(CCNCC2)OCC3)CC1.Cl.Cl. The molecule has 148 valence electrons. The Labute approximate surface area is 172 Å². The predicted octanol–water partition coefficient (Wildman–Crippen LogP) is 2.52. The lowest BCUT2D eigenvalue weighted by atomic mass is 9.86. The molecule has 1 N–H and O–H groups in total. The molecule has 3 aliphatic heterocycles. The number of ether oxygens (including phenoxy) is 1. The zero-order valence-electron chi connectivity index (χ0n) is 15.3. The average Bonchev–Trinajstić information content (AvgIpc) is 3.08. The second-order valence-electron chi connectivity index (χ2n) is 7.03. The van der Waals surface area contributed by atoms with Crippen LogP contribution >= 0.6 is 36.2 Å². The molecule has 2 saturated heterocycles. The highest BCUT2D eigenvalue weighted by atomic mass is 35.5. The highest BCUT2D eigenvalue weighted by Crippen LogP contribution is 2.44. The van der Waals surface area contributed by atoms with Gasteiger partial charge in [-0.1, -0.05) is 6.92 Å². The van der Waals surface area contributed by atoms with Crippen molar-refractivity contribution >= 4 is 42.1 Å². The van der Waals surface area contributed by atoms with Crippen LogP contribution < -0.4 is 5.32 Å². The van der Waals surface area contributed by atoms with Crippen molar-refractivity contribution in [1.82, 2.24) is 15.1 Å². The number of carbonyl (C=O) groups is 1. The fraction of sp³-hybridized carbons (Fsp3) is 0.722. The number of piperazine rings is 1. The highest BCUT2D eigenvalue weighted by molar-refractivity contribution is 7.14. The van der Waals surface area contributed by atoms with Gasteiger partial charge >= 0.3 is 0 Å². The lowest BCUT2D eigenvalue weighted by Crippen LogP contribution is -2.48. The molecule has 8 heteroatoms. The van der Waals surface area contributed by atoms with Crippen molar-refractivity contribution in [2.45, 2.75) is 31.8 Å². The number of thiophene rings is 1. The molecule has 4 heterocycles. The summed E-state index contributed by atoms with van der Waals surface area (Å²) >= 11 is 1.69. The van der Waals surface area contributed by atoms with Gasteiger partial charge in [-0.2, -0.15) is 0 Å². The monoisotopic (exact) mass is 421 g/mol. The Bertz CT molecular complexity index is 612. The number of halogens is 2. The first-order valence-electron chi connectivity index (χ1n) is 9.21. The molecule has 1 aromatic heterocycles. The maximum Gasteiger partial charge on any atom is 0.264 e. The maximum absolute atomic E-state index is 12.9. The van der Waals surface area contributed by atoms with Crippen molar-refractivity contribution in [3.63, 3.8) is 0 Å². The molecule has 0 radical (unpaired) electrons. The Balaban J connectivity index is 0.00000121. The number of rotatable bonds is 2. The maximum atomic E-state index is 12.9. The van der Waals surface area contributed by atoms with E-state index >= 15 is 0 Å². The Morgan fingerprint density at radius 2 is 1.92 bits per heavy atom. The molecule has 2 fully saturated rings. The van der Waals surface area contributed by atoms with Crippen LogP contribution in [0.5, 0.6) is 0 Å². The van der Waals surface area contributed by atoms with Crippen LogP contribution in [-0.2, 0) is 16.8 Å². The first-order valence-corrected chi connectivity index (χ1v) is 10.0. The van der Waals surface area contributed by atoms with E-state index in [0.29, 0.717) is 0 Å². The van der Waals surface area contributed by atoms with Gasteiger partial charge in [-0.15, -0.1) is 36.2 Å². The lowest BCUT2D eigenvalue weighted by Gasteiger charge is -2.40. The zero-order chi connectivity index (χ0) is 16.6. The number of piperidine rings is 1. The smallest absolute Gasteiger partial charge is 0.264 e. The lowest BCUT2D eigenvalue weighted by molar-refractivity contribution is -0.0771. The molecule has 0 aliphatic carbocycles. The number of hydrogen-bond acceptors (Lipinski definition) is 5. The van der Waals surface area contributed by atoms with Gasteiger partial charge in [0.2, 0.25) is 0 Å². The molecule has 0 unspecified atom stereocenters. The van der Waals surface area contributed by atoms with Gasteiger partial charge in [0.05, 0.1) is 11.5 Å². The van der Waals surface area contributed by atoms with E-state index in [1.807, 2.05) is 4.90 Å². The van der Waals surface area contributed by atoms with Gasteiger partial charge in [0.25, 0.3) is 5.91 Å². The topological polar surface area (TPSA) is 44.8 Å². The van der Waals surface area contributed by atoms with Crippen LogP contribution in [0.25, 0.3) is 0 Å². The molecule has 0 saturated carbocycles. The van der Waals surface area contributed by atoms with Crippen molar-refractivity contribution in [3.05, 3.63) is 21.4 Å². The van der Waals surface area contributed by atoms with Crippen molar-refractivity contribution in [3.8, 4) is 0 Å². The van der Waals surface area contributed by atoms with Crippen molar-refractivity contribution in [1.29, 1.82) is 0 Å². The summed E-state index contributed by atoms with van der Waals surface area (Å²) in [5.74, 6) is 0.217. The molecule has 1 spiro atoms. The van der Waals surface area contributed by atoms with E-state index in [2.05, 4.69) is 23.2 Å². The molecule has 0 atom stereocenters. The molecular formula is C18H29Cl2N3O2S.